The van der Waals surface area contributed by atoms with Gasteiger partial charge in [-0.15, -0.1) is 0 Å². The normalized spacial score (nSPS) is 16.0. The van der Waals surface area contributed by atoms with E-state index in [0.29, 0.717) is 23.7 Å². The molecule has 136 valence electrons. The molecular weight excluding hydrogens is 326 g/mol. The van der Waals surface area contributed by atoms with Crippen LogP contribution in [-0.4, -0.2) is 23.6 Å². The second kappa shape index (κ2) is 8.18. The molecule has 0 spiro atoms. The van der Waals surface area contributed by atoms with Crippen molar-refractivity contribution in [1.29, 1.82) is 5.26 Å². The number of anilines is 1. The Hall–Kier alpha value is -2.61. The lowest BCUT2D eigenvalue weighted by molar-refractivity contribution is 0.0527. The topological polar surface area (TPSA) is 75.0 Å². The minimum Gasteiger partial charge on any atom is -0.462 e. The van der Waals surface area contributed by atoms with Crippen molar-refractivity contribution in [1.82, 2.24) is 4.98 Å². The molecule has 0 bridgehead atoms. The average Bonchev–Trinajstić information content (AvgIpc) is 2.68. The van der Waals surface area contributed by atoms with Gasteiger partial charge in [-0.1, -0.05) is 19.3 Å². The molecule has 1 aliphatic rings. The van der Waals surface area contributed by atoms with E-state index in [1.807, 2.05) is 6.07 Å². The highest BCUT2D eigenvalue weighted by Gasteiger charge is 2.23. The maximum atomic E-state index is 12.5. The summed E-state index contributed by atoms with van der Waals surface area (Å²) >= 11 is 0. The first-order chi connectivity index (χ1) is 12.6. The molecule has 1 aliphatic carbocycles. The molecule has 0 radical (unpaired) electrons. The zero-order valence-electron chi connectivity index (χ0n) is 15.4. The number of ether oxygens (including phenoxy) is 1. The van der Waals surface area contributed by atoms with Crippen molar-refractivity contribution < 1.29 is 9.53 Å². The number of rotatable bonds is 5. The van der Waals surface area contributed by atoms with Crippen LogP contribution in [0.2, 0.25) is 0 Å². The third-order valence-corrected chi connectivity index (χ3v) is 5.22. The highest BCUT2D eigenvalue weighted by atomic mass is 16.5. The highest BCUT2D eigenvalue weighted by molar-refractivity contribution is 6.05. The zero-order valence-corrected chi connectivity index (χ0v) is 15.4. The van der Waals surface area contributed by atoms with Crippen LogP contribution in [0.15, 0.2) is 24.4 Å². The van der Waals surface area contributed by atoms with Gasteiger partial charge in [0.15, 0.2) is 0 Å². The number of carbonyl (C=O) groups is 1. The molecule has 5 heteroatoms. The molecule has 0 amide bonds. The van der Waals surface area contributed by atoms with Crippen molar-refractivity contribution in [3.05, 3.63) is 35.5 Å². The number of nitrogens with one attached hydrogen (secondary N) is 1. The van der Waals surface area contributed by atoms with Crippen LogP contribution >= 0.6 is 0 Å². The molecule has 0 unspecified atom stereocenters. The van der Waals surface area contributed by atoms with E-state index in [1.165, 1.54) is 32.1 Å². The standard InChI is InChI=1S/C21H25N3O2/c1-3-26-21(25)18-13-23-19-10-9-15(12-22)11-17(19)20(18)24-14(2)16-7-5-4-6-8-16/h9-11,13-14,16H,3-8H2,1-2H3,(H,23,24)/t14-/m0/s1. The molecule has 2 aromatic rings. The van der Waals surface area contributed by atoms with Crippen LogP contribution < -0.4 is 5.32 Å². The van der Waals surface area contributed by atoms with Gasteiger partial charge in [-0.2, -0.15) is 5.26 Å². The second-order valence-corrected chi connectivity index (χ2v) is 6.94. The van der Waals surface area contributed by atoms with Gasteiger partial charge in [0.1, 0.15) is 5.56 Å². The van der Waals surface area contributed by atoms with Crippen LogP contribution in [0.4, 0.5) is 5.69 Å². The first-order valence-corrected chi connectivity index (χ1v) is 9.40. The summed E-state index contributed by atoms with van der Waals surface area (Å²) in [6.07, 6.45) is 7.81. The fourth-order valence-electron chi connectivity index (χ4n) is 3.76. The Balaban J connectivity index is 2.04. The maximum absolute atomic E-state index is 12.5. The predicted octanol–water partition coefficient (Wildman–Crippen LogP) is 4.66. The number of hydrogen-bond acceptors (Lipinski definition) is 5. The smallest absolute Gasteiger partial charge is 0.341 e. The number of carbonyl (C=O) groups excluding carboxylic acids is 1. The summed E-state index contributed by atoms with van der Waals surface area (Å²) < 4.78 is 5.22. The molecule has 5 nitrogen and oxygen atoms in total. The molecular formula is C21H25N3O2. The van der Waals surface area contributed by atoms with Crippen molar-refractivity contribution in [2.75, 3.05) is 11.9 Å². The summed E-state index contributed by atoms with van der Waals surface area (Å²) in [5.41, 5.74) is 2.46. The zero-order chi connectivity index (χ0) is 18.5. The minimum absolute atomic E-state index is 0.236. The third kappa shape index (κ3) is 3.80. The van der Waals surface area contributed by atoms with E-state index in [9.17, 15) is 10.1 Å². The fraction of sp³-hybridized carbons (Fsp3) is 0.476. The van der Waals surface area contributed by atoms with Crippen molar-refractivity contribution in [2.45, 2.75) is 52.0 Å². The number of fused-ring (bicyclic) bond motifs is 1. The highest BCUT2D eigenvalue weighted by Crippen LogP contribution is 2.32. The van der Waals surface area contributed by atoms with Gasteiger partial charge in [0.25, 0.3) is 0 Å². The summed E-state index contributed by atoms with van der Waals surface area (Å²) in [7, 11) is 0. The lowest BCUT2D eigenvalue weighted by Crippen LogP contribution is -2.28. The predicted molar refractivity (Wildman–Crippen MR) is 102 cm³/mol. The van der Waals surface area contributed by atoms with Crippen molar-refractivity contribution in [2.24, 2.45) is 5.92 Å². The van der Waals surface area contributed by atoms with Crippen LogP contribution in [0.25, 0.3) is 10.9 Å². The van der Waals surface area contributed by atoms with Crippen LogP contribution in [-0.2, 0) is 4.74 Å². The quantitative estimate of drug-likeness (QED) is 0.793. The Labute approximate surface area is 154 Å². The van der Waals surface area contributed by atoms with E-state index >= 15 is 0 Å². The number of pyridine rings is 1. The van der Waals surface area contributed by atoms with Gasteiger partial charge in [-0.3, -0.25) is 4.98 Å². The van der Waals surface area contributed by atoms with Gasteiger partial charge < -0.3 is 10.1 Å². The Bertz CT molecular complexity index is 835. The minimum atomic E-state index is -0.386. The third-order valence-electron chi connectivity index (χ3n) is 5.22. The number of hydrogen-bond donors (Lipinski definition) is 1. The van der Waals surface area contributed by atoms with Crippen molar-refractivity contribution in [3.8, 4) is 6.07 Å². The van der Waals surface area contributed by atoms with Crippen molar-refractivity contribution in [3.63, 3.8) is 0 Å². The fourth-order valence-corrected chi connectivity index (χ4v) is 3.76. The lowest BCUT2D eigenvalue weighted by Gasteiger charge is -2.30. The largest absolute Gasteiger partial charge is 0.462 e. The van der Waals surface area contributed by atoms with Gasteiger partial charge in [-0.25, -0.2) is 4.79 Å². The first kappa shape index (κ1) is 18.2. The van der Waals surface area contributed by atoms with E-state index in [4.69, 9.17) is 4.74 Å². The average molecular weight is 351 g/mol. The monoisotopic (exact) mass is 351 g/mol. The molecule has 1 aromatic heterocycles. The number of esters is 1. The molecule has 1 heterocycles. The molecule has 26 heavy (non-hydrogen) atoms. The number of benzene rings is 1. The van der Waals surface area contributed by atoms with E-state index in [1.54, 1.807) is 25.3 Å². The number of nitrogens with zero attached hydrogens (tertiary/aromatic N) is 2. The number of nitriles is 1. The Kier molecular flexibility index (Phi) is 5.72. The van der Waals surface area contributed by atoms with Crippen LogP contribution in [0.3, 0.4) is 0 Å². The lowest BCUT2D eigenvalue weighted by atomic mass is 9.84. The van der Waals surface area contributed by atoms with Gasteiger partial charge in [0, 0.05) is 17.6 Å². The summed E-state index contributed by atoms with van der Waals surface area (Å²) in [6, 6.07) is 7.76. The van der Waals surface area contributed by atoms with E-state index in [-0.39, 0.29) is 12.0 Å². The van der Waals surface area contributed by atoms with E-state index in [0.717, 1.165) is 16.6 Å². The summed E-state index contributed by atoms with van der Waals surface area (Å²) in [6.45, 7) is 4.27. The van der Waals surface area contributed by atoms with Crippen LogP contribution in [0, 0.1) is 17.2 Å². The summed E-state index contributed by atoms with van der Waals surface area (Å²) in [5.74, 6) is 0.198. The molecule has 1 atom stereocenters. The molecule has 0 saturated heterocycles. The number of aromatic nitrogens is 1. The SMILES string of the molecule is CCOC(=O)c1cnc2ccc(C#N)cc2c1N[C@@H](C)C1CCCCC1. The summed E-state index contributed by atoms with van der Waals surface area (Å²) in [4.78, 5) is 16.8. The van der Waals surface area contributed by atoms with E-state index in [2.05, 4.69) is 23.3 Å². The van der Waals surface area contributed by atoms with E-state index < -0.39 is 0 Å². The van der Waals surface area contributed by atoms with Gasteiger partial charge in [-0.05, 0) is 50.8 Å². The molecule has 1 fully saturated rings. The molecule has 3 rings (SSSR count). The maximum Gasteiger partial charge on any atom is 0.341 e. The van der Waals surface area contributed by atoms with Crippen molar-refractivity contribution >= 4 is 22.6 Å². The van der Waals surface area contributed by atoms with Crippen LogP contribution in [0.5, 0.6) is 0 Å². The molecule has 1 N–H and O–H groups in total. The van der Waals surface area contributed by atoms with Gasteiger partial charge >= 0.3 is 5.97 Å². The molecule has 1 aromatic carbocycles. The Morgan fingerprint density at radius 1 is 1.38 bits per heavy atom. The molecule has 0 aliphatic heterocycles. The Morgan fingerprint density at radius 3 is 2.85 bits per heavy atom. The van der Waals surface area contributed by atoms with Crippen LogP contribution in [0.1, 0.15) is 61.9 Å². The Morgan fingerprint density at radius 2 is 2.15 bits per heavy atom. The van der Waals surface area contributed by atoms with Gasteiger partial charge in [0.05, 0.1) is 29.4 Å². The van der Waals surface area contributed by atoms with Gasteiger partial charge in [0.2, 0.25) is 0 Å². The second-order valence-electron chi connectivity index (χ2n) is 6.94. The molecule has 1 saturated carbocycles. The summed E-state index contributed by atoms with van der Waals surface area (Å²) in [5, 5.41) is 13.6. The first-order valence-electron chi connectivity index (χ1n) is 9.40.